The molecule has 3 aromatic heterocycles. The van der Waals surface area contributed by atoms with Crippen LogP contribution in [0.4, 0.5) is 5.82 Å². The molecule has 1 unspecified atom stereocenters. The summed E-state index contributed by atoms with van der Waals surface area (Å²) in [6.45, 7) is 7.35. The molecule has 0 radical (unpaired) electrons. The Balaban J connectivity index is 1.49. The third kappa shape index (κ3) is 4.13. The molecule has 152 valence electrons. The standard InChI is InChI=1S/C22H27N5OS/c1-15-2-3-17-18(12-15)29-22-20(17)21(24-13-16-4-6-23-7-5-16)25-19(26-22)14-27-8-10-28-11-9-27/h4-7,15H,2-3,8-14H2,1H3,(H,24,25,26). The zero-order valence-corrected chi connectivity index (χ0v) is 17.7. The number of aryl methyl sites for hydroxylation is 1. The maximum atomic E-state index is 5.49. The summed E-state index contributed by atoms with van der Waals surface area (Å²) in [6.07, 6.45) is 7.22. The van der Waals surface area contributed by atoms with Crippen molar-refractivity contribution >= 4 is 27.4 Å². The number of hydrogen-bond donors (Lipinski definition) is 1. The van der Waals surface area contributed by atoms with Crippen molar-refractivity contribution in [1.82, 2.24) is 19.9 Å². The highest BCUT2D eigenvalue weighted by atomic mass is 32.1. The average Bonchev–Trinajstić information content (AvgIpc) is 3.11. The lowest BCUT2D eigenvalue weighted by Gasteiger charge is -2.26. The van der Waals surface area contributed by atoms with Crippen molar-refractivity contribution in [2.45, 2.75) is 39.3 Å². The molecule has 0 amide bonds. The van der Waals surface area contributed by atoms with Gasteiger partial charge in [0.05, 0.1) is 25.1 Å². The predicted octanol–water partition coefficient (Wildman–Crippen LogP) is 3.66. The van der Waals surface area contributed by atoms with E-state index in [0.717, 1.165) is 68.2 Å². The number of thiophene rings is 1. The van der Waals surface area contributed by atoms with Gasteiger partial charge in [0, 0.05) is 36.9 Å². The Bertz CT molecular complexity index is 984. The molecule has 2 aliphatic rings. The summed E-state index contributed by atoms with van der Waals surface area (Å²) >= 11 is 1.87. The molecule has 3 aromatic rings. The van der Waals surface area contributed by atoms with Crippen LogP contribution in [0.1, 0.15) is 35.2 Å². The van der Waals surface area contributed by atoms with Crippen LogP contribution in [-0.2, 0) is 30.7 Å². The van der Waals surface area contributed by atoms with Gasteiger partial charge in [-0.2, -0.15) is 0 Å². The van der Waals surface area contributed by atoms with E-state index in [1.54, 1.807) is 0 Å². The van der Waals surface area contributed by atoms with Crippen LogP contribution in [0.25, 0.3) is 10.2 Å². The van der Waals surface area contributed by atoms with Gasteiger partial charge >= 0.3 is 0 Å². The molecule has 0 aromatic carbocycles. The van der Waals surface area contributed by atoms with Crippen molar-refractivity contribution in [3.63, 3.8) is 0 Å². The van der Waals surface area contributed by atoms with E-state index >= 15 is 0 Å². The minimum Gasteiger partial charge on any atom is -0.379 e. The molecule has 0 bridgehead atoms. The molecular formula is C22H27N5OS. The molecule has 7 heteroatoms. The van der Waals surface area contributed by atoms with E-state index in [1.807, 2.05) is 35.9 Å². The van der Waals surface area contributed by atoms with Crippen molar-refractivity contribution in [3.8, 4) is 0 Å². The molecule has 1 aliphatic heterocycles. The second-order valence-electron chi connectivity index (χ2n) is 8.12. The number of anilines is 1. The van der Waals surface area contributed by atoms with Crippen LogP contribution in [0, 0.1) is 5.92 Å². The van der Waals surface area contributed by atoms with E-state index in [2.05, 4.69) is 22.1 Å². The average molecular weight is 410 g/mol. The molecule has 1 fully saturated rings. The highest BCUT2D eigenvalue weighted by molar-refractivity contribution is 7.19. The van der Waals surface area contributed by atoms with E-state index in [0.29, 0.717) is 0 Å². The monoisotopic (exact) mass is 409 g/mol. The number of hydrogen-bond acceptors (Lipinski definition) is 7. The molecular weight excluding hydrogens is 382 g/mol. The van der Waals surface area contributed by atoms with Gasteiger partial charge < -0.3 is 10.1 Å². The van der Waals surface area contributed by atoms with Crippen LogP contribution < -0.4 is 5.32 Å². The smallest absolute Gasteiger partial charge is 0.146 e. The SMILES string of the molecule is CC1CCc2c(sc3nc(CN4CCOCC4)nc(NCc4ccncc4)c23)C1. The zero-order valence-electron chi connectivity index (χ0n) is 16.9. The Hall–Kier alpha value is -2.09. The van der Waals surface area contributed by atoms with Crippen LogP contribution in [0.5, 0.6) is 0 Å². The molecule has 29 heavy (non-hydrogen) atoms. The number of nitrogens with one attached hydrogen (secondary N) is 1. The number of aromatic nitrogens is 3. The minimum atomic E-state index is 0.743. The minimum absolute atomic E-state index is 0.743. The number of rotatable bonds is 5. The maximum absolute atomic E-state index is 5.49. The normalized spacial score (nSPS) is 20.0. The first-order valence-corrected chi connectivity index (χ1v) is 11.3. The van der Waals surface area contributed by atoms with Crippen molar-refractivity contribution in [2.75, 3.05) is 31.6 Å². The first-order chi connectivity index (χ1) is 14.3. The lowest BCUT2D eigenvalue weighted by molar-refractivity contribution is 0.0331. The summed E-state index contributed by atoms with van der Waals surface area (Å²) in [7, 11) is 0. The third-order valence-corrected chi connectivity index (χ3v) is 7.03. The van der Waals surface area contributed by atoms with Crippen LogP contribution in [0.2, 0.25) is 0 Å². The van der Waals surface area contributed by atoms with Gasteiger partial charge in [-0.05, 0) is 48.4 Å². The molecule has 1 saturated heterocycles. The Kier molecular flexibility index (Phi) is 5.44. The second kappa shape index (κ2) is 8.34. The zero-order chi connectivity index (χ0) is 19.6. The lowest BCUT2D eigenvalue weighted by Crippen LogP contribution is -2.36. The van der Waals surface area contributed by atoms with Gasteiger partial charge in [-0.1, -0.05) is 6.92 Å². The number of nitrogens with zero attached hydrogens (tertiary/aromatic N) is 4. The van der Waals surface area contributed by atoms with Gasteiger partial charge in [0.15, 0.2) is 0 Å². The summed E-state index contributed by atoms with van der Waals surface area (Å²) < 4.78 is 5.49. The van der Waals surface area contributed by atoms with Gasteiger partial charge in [-0.15, -0.1) is 11.3 Å². The van der Waals surface area contributed by atoms with E-state index < -0.39 is 0 Å². The topological polar surface area (TPSA) is 63.2 Å². The fraction of sp³-hybridized carbons (Fsp3) is 0.500. The van der Waals surface area contributed by atoms with Gasteiger partial charge in [-0.25, -0.2) is 9.97 Å². The highest BCUT2D eigenvalue weighted by Gasteiger charge is 2.24. The lowest BCUT2D eigenvalue weighted by atomic mass is 9.89. The molecule has 0 saturated carbocycles. The molecule has 0 spiro atoms. The summed E-state index contributed by atoms with van der Waals surface area (Å²) in [4.78, 5) is 19.1. The summed E-state index contributed by atoms with van der Waals surface area (Å²) in [5.41, 5.74) is 2.68. The summed E-state index contributed by atoms with van der Waals surface area (Å²) in [5, 5.41) is 4.86. The van der Waals surface area contributed by atoms with Crippen molar-refractivity contribution in [1.29, 1.82) is 0 Å². The van der Waals surface area contributed by atoms with Gasteiger partial charge in [-0.3, -0.25) is 9.88 Å². The van der Waals surface area contributed by atoms with Crippen LogP contribution >= 0.6 is 11.3 Å². The molecule has 1 N–H and O–H groups in total. The van der Waals surface area contributed by atoms with Crippen LogP contribution in [0.3, 0.4) is 0 Å². The summed E-state index contributed by atoms with van der Waals surface area (Å²) in [6, 6.07) is 4.09. The fourth-order valence-electron chi connectivity index (χ4n) is 4.23. The first kappa shape index (κ1) is 18.9. The van der Waals surface area contributed by atoms with Crippen LogP contribution in [0.15, 0.2) is 24.5 Å². The van der Waals surface area contributed by atoms with Gasteiger partial charge in [0.2, 0.25) is 0 Å². The van der Waals surface area contributed by atoms with Crippen LogP contribution in [-0.4, -0.2) is 46.2 Å². The molecule has 1 aliphatic carbocycles. The Morgan fingerprint density at radius 2 is 2.03 bits per heavy atom. The maximum Gasteiger partial charge on any atom is 0.146 e. The van der Waals surface area contributed by atoms with Gasteiger partial charge in [0.25, 0.3) is 0 Å². The number of morpholine rings is 1. The Morgan fingerprint density at radius 3 is 2.86 bits per heavy atom. The van der Waals surface area contributed by atoms with E-state index in [4.69, 9.17) is 14.7 Å². The number of ether oxygens (including phenoxy) is 1. The van der Waals surface area contributed by atoms with Crippen molar-refractivity contribution < 1.29 is 4.74 Å². The first-order valence-electron chi connectivity index (χ1n) is 10.5. The third-order valence-electron chi connectivity index (χ3n) is 5.88. The number of fused-ring (bicyclic) bond motifs is 3. The quantitative estimate of drug-likeness (QED) is 0.694. The molecule has 5 rings (SSSR count). The highest BCUT2D eigenvalue weighted by Crippen LogP contribution is 2.40. The summed E-state index contributed by atoms with van der Waals surface area (Å²) in [5.74, 6) is 2.65. The van der Waals surface area contributed by atoms with E-state index in [-0.39, 0.29) is 0 Å². The second-order valence-corrected chi connectivity index (χ2v) is 9.20. The fourth-order valence-corrected chi connectivity index (χ4v) is 5.63. The van der Waals surface area contributed by atoms with E-state index in [9.17, 15) is 0 Å². The van der Waals surface area contributed by atoms with Crippen molar-refractivity contribution in [3.05, 3.63) is 46.4 Å². The molecule has 1 atom stereocenters. The number of pyridine rings is 1. The molecule has 4 heterocycles. The largest absolute Gasteiger partial charge is 0.379 e. The predicted molar refractivity (Wildman–Crippen MR) is 116 cm³/mol. The Labute approximate surface area is 175 Å². The van der Waals surface area contributed by atoms with Crippen molar-refractivity contribution in [2.24, 2.45) is 5.92 Å². The Morgan fingerprint density at radius 1 is 1.21 bits per heavy atom. The molecule has 6 nitrogen and oxygen atoms in total. The van der Waals surface area contributed by atoms with E-state index in [1.165, 1.54) is 34.2 Å². The van der Waals surface area contributed by atoms with Gasteiger partial charge in [0.1, 0.15) is 16.5 Å².